The summed E-state index contributed by atoms with van der Waals surface area (Å²) >= 11 is 6.89. The molecule has 2 aliphatic rings. The summed E-state index contributed by atoms with van der Waals surface area (Å²) < 4.78 is 1.56. The zero-order valence-corrected chi connectivity index (χ0v) is 20.8. The van der Waals surface area contributed by atoms with E-state index in [1.165, 1.54) is 0 Å². The molecular formula is C23H33ClN10O. The Morgan fingerprint density at radius 3 is 2.74 bits per heavy atom. The third-order valence-corrected chi connectivity index (χ3v) is 6.61. The van der Waals surface area contributed by atoms with Crippen LogP contribution in [0, 0.1) is 0 Å². The number of nitrogens with zero attached hydrogens (tertiary/aromatic N) is 5. The predicted octanol–water partition coefficient (Wildman–Crippen LogP) is 2.59. The van der Waals surface area contributed by atoms with Gasteiger partial charge >= 0.3 is 0 Å². The van der Waals surface area contributed by atoms with Crippen LogP contribution in [0.1, 0.15) is 39.5 Å². The highest BCUT2D eigenvalue weighted by Gasteiger charge is 2.26. The van der Waals surface area contributed by atoms with E-state index in [1.54, 1.807) is 30.6 Å². The smallest absolute Gasteiger partial charge is 0.247 e. The van der Waals surface area contributed by atoms with Gasteiger partial charge in [-0.1, -0.05) is 11.6 Å². The number of aromatic nitrogens is 4. The molecule has 3 heterocycles. The second-order valence-electron chi connectivity index (χ2n) is 10.1. The quantitative estimate of drug-likeness (QED) is 0.254. The van der Waals surface area contributed by atoms with Crippen molar-refractivity contribution < 1.29 is 5.11 Å². The lowest BCUT2D eigenvalue weighted by Gasteiger charge is -2.36. The number of imidazole rings is 1. The van der Waals surface area contributed by atoms with Crippen molar-refractivity contribution in [1.82, 2.24) is 24.9 Å². The first-order valence-corrected chi connectivity index (χ1v) is 12.4. The number of nitrogen functional groups attached to an aromatic ring is 2. The highest BCUT2D eigenvalue weighted by Crippen LogP contribution is 2.38. The molecule has 8 N–H and O–H groups in total. The number of anilines is 6. The largest absolute Gasteiger partial charge is 0.399 e. The van der Waals surface area contributed by atoms with Crippen molar-refractivity contribution >= 4 is 51.9 Å². The molecule has 1 saturated heterocycles. The first kappa shape index (κ1) is 23.7. The molecule has 188 valence electrons. The summed E-state index contributed by atoms with van der Waals surface area (Å²) in [6, 6.07) is 4.30. The Hall–Kier alpha value is -3.02. The van der Waals surface area contributed by atoms with Crippen LogP contribution in [0.4, 0.5) is 34.6 Å². The van der Waals surface area contributed by atoms with Crippen LogP contribution >= 0.6 is 11.6 Å². The molecule has 2 aromatic heterocycles. The summed E-state index contributed by atoms with van der Waals surface area (Å²) in [5, 5.41) is 25.2. The number of nitrogens with two attached hydrogens (primary N) is 2. The number of nitrogens with one attached hydrogen (secondary N) is 3. The molecule has 11 nitrogen and oxygen atoms in total. The van der Waals surface area contributed by atoms with E-state index in [2.05, 4.69) is 35.9 Å². The van der Waals surface area contributed by atoms with Crippen molar-refractivity contribution in [3.8, 4) is 0 Å². The van der Waals surface area contributed by atoms with Gasteiger partial charge in [-0.15, -0.1) is 5.10 Å². The second-order valence-corrected chi connectivity index (χ2v) is 10.5. The van der Waals surface area contributed by atoms with Gasteiger partial charge in [-0.3, -0.25) is 0 Å². The molecule has 12 heteroatoms. The van der Waals surface area contributed by atoms with Gasteiger partial charge in [0.05, 0.1) is 28.2 Å². The summed E-state index contributed by atoms with van der Waals surface area (Å²) in [5.41, 5.74) is 14.2. The number of hydrogen-bond acceptors (Lipinski definition) is 10. The Morgan fingerprint density at radius 1 is 1.20 bits per heavy atom. The van der Waals surface area contributed by atoms with Crippen molar-refractivity contribution in [2.75, 3.05) is 46.6 Å². The van der Waals surface area contributed by atoms with Crippen LogP contribution in [0.5, 0.6) is 0 Å². The topological polar surface area (TPSA) is 155 Å². The number of halogens is 1. The van der Waals surface area contributed by atoms with E-state index in [0.717, 1.165) is 44.5 Å². The average molecular weight is 501 g/mol. The van der Waals surface area contributed by atoms with E-state index < -0.39 is 5.60 Å². The predicted molar refractivity (Wildman–Crippen MR) is 141 cm³/mol. The molecule has 1 saturated carbocycles. The Balaban J connectivity index is 1.40. The molecule has 35 heavy (non-hydrogen) atoms. The van der Waals surface area contributed by atoms with Gasteiger partial charge in [0, 0.05) is 37.4 Å². The van der Waals surface area contributed by atoms with Crippen molar-refractivity contribution in [3.05, 3.63) is 23.4 Å². The average Bonchev–Trinajstić information content (AvgIpc) is 3.55. The van der Waals surface area contributed by atoms with Crippen LogP contribution in [0.3, 0.4) is 0 Å². The summed E-state index contributed by atoms with van der Waals surface area (Å²) in [4.78, 5) is 11.2. The third kappa shape index (κ3) is 5.47. The molecule has 1 aliphatic carbocycles. The number of rotatable bonds is 8. The maximum atomic E-state index is 10.1. The van der Waals surface area contributed by atoms with Crippen LogP contribution in [0.15, 0.2) is 18.3 Å². The van der Waals surface area contributed by atoms with Gasteiger partial charge in [-0.05, 0) is 51.7 Å². The molecule has 5 rings (SSSR count). The summed E-state index contributed by atoms with van der Waals surface area (Å²) in [6.45, 7) is 5.76. The number of benzene rings is 1. The fourth-order valence-corrected chi connectivity index (χ4v) is 4.57. The van der Waals surface area contributed by atoms with E-state index in [-0.39, 0.29) is 6.04 Å². The molecule has 2 fully saturated rings. The van der Waals surface area contributed by atoms with Gasteiger partial charge in [0.1, 0.15) is 5.82 Å². The van der Waals surface area contributed by atoms with E-state index in [9.17, 15) is 5.11 Å². The SMILES string of the molecule is CC(C)(O)CN[C@@H]1CCCN(c2cc(N)cc(Nc3nc(NC4CC4)c4ncc(N)n4n3)c2Cl)C1. The molecule has 0 unspecified atom stereocenters. The lowest BCUT2D eigenvalue weighted by molar-refractivity contribution is 0.0757. The Kier molecular flexibility index (Phi) is 6.24. The molecule has 0 spiro atoms. The Morgan fingerprint density at radius 2 is 2.00 bits per heavy atom. The van der Waals surface area contributed by atoms with Crippen molar-refractivity contribution in [1.29, 1.82) is 0 Å². The third-order valence-electron chi connectivity index (χ3n) is 6.21. The monoisotopic (exact) mass is 500 g/mol. The fraction of sp³-hybridized carbons (Fsp3) is 0.522. The van der Waals surface area contributed by atoms with Crippen molar-refractivity contribution in [2.24, 2.45) is 0 Å². The van der Waals surface area contributed by atoms with E-state index in [1.807, 2.05) is 6.07 Å². The minimum Gasteiger partial charge on any atom is -0.399 e. The first-order chi connectivity index (χ1) is 16.7. The fourth-order valence-electron chi connectivity index (χ4n) is 4.30. The van der Waals surface area contributed by atoms with E-state index >= 15 is 0 Å². The van der Waals surface area contributed by atoms with Gasteiger partial charge in [0.2, 0.25) is 5.95 Å². The summed E-state index contributed by atoms with van der Waals surface area (Å²) in [5.74, 6) is 1.38. The highest BCUT2D eigenvalue weighted by molar-refractivity contribution is 6.36. The highest BCUT2D eigenvalue weighted by atomic mass is 35.5. The van der Waals surface area contributed by atoms with Crippen molar-refractivity contribution in [3.63, 3.8) is 0 Å². The number of fused-ring (bicyclic) bond motifs is 1. The number of piperidine rings is 1. The lowest BCUT2D eigenvalue weighted by Crippen LogP contribution is -2.49. The van der Waals surface area contributed by atoms with E-state index in [4.69, 9.17) is 23.1 Å². The van der Waals surface area contributed by atoms with Crippen LogP contribution in [0.2, 0.25) is 5.02 Å². The molecule has 0 bridgehead atoms. The molecule has 1 atom stereocenters. The summed E-state index contributed by atoms with van der Waals surface area (Å²) in [6.07, 6.45) is 5.81. The molecule has 3 aromatic rings. The minimum absolute atomic E-state index is 0.245. The van der Waals surface area contributed by atoms with Gasteiger partial charge in [0.15, 0.2) is 11.5 Å². The van der Waals surface area contributed by atoms with Gasteiger partial charge in [-0.2, -0.15) is 9.50 Å². The van der Waals surface area contributed by atoms with Crippen LogP contribution < -0.4 is 32.3 Å². The molecule has 1 aliphatic heterocycles. The van der Waals surface area contributed by atoms with Gasteiger partial charge < -0.3 is 37.4 Å². The minimum atomic E-state index is -0.763. The van der Waals surface area contributed by atoms with Gasteiger partial charge in [0.25, 0.3) is 0 Å². The molecular weight excluding hydrogens is 468 g/mol. The van der Waals surface area contributed by atoms with Crippen LogP contribution in [-0.4, -0.2) is 62.0 Å². The first-order valence-electron chi connectivity index (χ1n) is 12.0. The Labute approximate surface area is 209 Å². The van der Waals surface area contributed by atoms with Gasteiger partial charge in [-0.25, -0.2) is 4.98 Å². The maximum Gasteiger partial charge on any atom is 0.247 e. The second kappa shape index (κ2) is 9.21. The number of hydrogen-bond donors (Lipinski definition) is 6. The zero-order chi connectivity index (χ0) is 24.7. The van der Waals surface area contributed by atoms with Crippen LogP contribution in [0.25, 0.3) is 5.65 Å². The Bertz CT molecular complexity index is 1220. The summed E-state index contributed by atoms with van der Waals surface area (Å²) in [7, 11) is 0. The standard InChI is InChI=1S/C23H33ClN10O/c1-23(2,35)12-28-15-4-3-7-33(11-15)17-9-13(25)8-16(19(17)24)30-22-31-20(29-14-5-6-14)21-27-10-18(26)34(21)32-22/h8-10,14-15,28,35H,3-7,11-12,25-26H2,1-2H3,(H2,29,30,31,32)/t15-/m1/s1. The molecule has 1 aromatic carbocycles. The molecule has 0 amide bonds. The normalized spacial score (nSPS) is 18.7. The number of aliphatic hydroxyl groups is 1. The zero-order valence-electron chi connectivity index (χ0n) is 20.1. The van der Waals surface area contributed by atoms with Crippen LogP contribution in [-0.2, 0) is 0 Å². The van der Waals surface area contributed by atoms with E-state index in [0.29, 0.717) is 52.2 Å². The lowest BCUT2D eigenvalue weighted by atomic mass is 10.0. The van der Waals surface area contributed by atoms with Crippen molar-refractivity contribution in [2.45, 2.75) is 57.2 Å². The maximum absolute atomic E-state index is 10.1. The molecule has 0 radical (unpaired) electrons.